The molecule has 100 valence electrons. The van der Waals surface area contributed by atoms with E-state index in [2.05, 4.69) is 5.43 Å². The van der Waals surface area contributed by atoms with Gasteiger partial charge in [0.15, 0.2) is 0 Å². The van der Waals surface area contributed by atoms with Crippen LogP contribution in [0.25, 0.3) is 0 Å². The third kappa shape index (κ3) is 2.62. The van der Waals surface area contributed by atoms with E-state index in [1.165, 1.54) is 18.2 Å². The highest BCUT2D eigenvalue weighted by atomic mass is 19.1. The first kappa shape index (κ1) is 13.6. The maximum Gasteiger partial charge on any atom is 0.131 e. The van der Waals surface area contributed by atoms with Gasteiger partial charge >= 0.3 is 0 Å². The van der Waals surface area contributed by atoms with Gasteiger partial charge in [0, 0.05) is 11.1 Å². The molecule has 0 heterocycles. The number of nitrogens with two attached hydrogens (primary N) is 1. The zero-order valence-corrected chi connectivity index (χ0v) is 10.3. The number of halogens is 3. The van der Waals surface area contributed by atoms with E-state index < -0.39 is 23.5 Å². The fraction of sp³-hybridized carbons (Fsp3) is 0.143. The largest absolute Gasteiger partial charge is 0.271 e. The predicted molar refractivity (Wildman–Crippen MR) is 66.7 cm³/mol. The van der Waals surface area contributed by atoms with Crippen molar-refractivity contribution in [3.63, 3.8) is 0 Å². The Kier molecular flexibility index (Phi) is 3.87. The van der Waals surface area contributed by atoms with Gasteiger partial charge in [0.2, 0.25) is 0 Å². The van der Waals surface area contributed by atoms with Crippen molar-refractivity contribution in [2.24, 2.45) is 5.84 Å². The zero-order valence-electron chi connectivity index (χ0n) is 10.3. The first-order valence-corrected chi connectivity index (χ1v) is 5.70. The van der Waals surface area contributed by atoms with Crippen molar-refractivity contribution in [3.8, 4) is 0 Å². The van der Waals surface area contributed by atoms with Crippen LogP contribution in [0.2, 0.25) is 0 Å². The van der Waals surface area contributed by atoms with Gasteiger partial charge in [0.05, 0.1) is 6.04 Å². The fourth-order valence-electron chi connectivity index (χ4n) is 1.98. The van der Waals surface area contributed by atoms with Crippen molar-refractivity contribution >= 4 is 0 Å². The molecule has 0 aliphatic rings. The van der Waals surface area contributed by atoms with Crippen molar-refractivity contribution < 1.29 is 13.2 Å². The summed E-state index contributed by atoms with van der Waals surface area (Å²) in [6.45, 7) is 1.72. The van der Waals surface area contributed by atoms with Crippen molar-refractivity contribution in [1.82, 2.24) is 5.43 Å². The molecule has 3 N–H and O–H groups in total. The molecule has 5 heteroatoms. The summed E-state index contributed by atoms with van der Waals surface area (Å²) in [5.74, 6) is 3.22. The maximum absolute atomic E-state index is 13.9. The second-order valence-corrected chi connectivity index (χ2v) is 4.26. The van der Waals surface area contributed by atoms with Gasteiger partial charge in [-0.15, -0.1) is 0 Å². The molecule has 0 saturated heterocycles. The monoisotopic (exact) mass is 266 g/mol. The Hall–Kier alpha value is -1.85. The SMILES string of the molecule is Cc1ccc(C(NN)c2c(F)cccc2F)c(F)c1. The Labute approximate surface area is 109 Å². The van der Waals surface area contributed by atoms with Crippen LogP contribution in [-0.2, 0) is 0 Å². The van der Waals surface area contributed by atoms with Crippen LogP contribution in [0, 0.1) is 24.4 Å². The number of hydrazine groups is 1. The Balaban J connectivity index is 2.56. The van der Waals surface area contributed by atoms with E-state index >= 15 is 0 Å². The van der Waals surface area contributed by atoms with Gasteiger partial charge in [-0.3, -0.25) is 5.84 Å². The molecule has 0 aromatic heterocycles. The van der Waals surface area contributed by atoms with Crippen LogP contribution in [0.5, 0.6) is 0 Å². The quantitative estimate of drug-likeness (QED) is 0.662. The number of nitrogens with one attached hydrogen (secondary N) is 1. The Morgan fingerprint density at radius 3 is 2.16 bits per heavy atom. The second-order valence-electron chi connectivity index (χ2n) is 4.26. The molecule has 19 heavy (non-hydrogen) atoms. The lowest BCUT2D eigenvalue weighted by atomic mass is 9.97. The molecule has 0 amide bonds. The molecule has 2 aromatic rings. The van der Waals surface area contributed by atoms with E-state index in [0.29, 0.717) is 5.56 Å². The molecule has 1 unspecified atom stereocenters. The molecule has 1 atom stereocenters. The highest BCUT2D eigenvalue weighted by Crippen LogP contribution is 2.28. The van der Waals surface area contributed by atoms with Crippen LogP contribution in [0.4, 0.5) is 13.2 Å². The summed E-state index contributed by atoms with van der Waals surface area (Å²) in [6, 6.07) is 6.78. The summed E-state index contributed by atoms with van der Waals surface area (Å²) in [5.41, 5.74) is 2.77. The summed E-state index contributed by atoms with van der Waals surface area (Å²) < 4.78 is 41.3. The van der Waals surface area contributed by atoms with E-state index in [1.54, 1.807) is 13.0 Å². The summed E-state index contributed by atoms with van der Waals surface area (Å²) in [5, 5.41) is 0. The molecular formula is C14H13F3N2. The molecular weight excluding hydrogens is 253 g/mol. The summed E-state index contributed by atoms with van der Waals surface area (Å²) in [7, 11) is 0. The molecule has 0 aliphatic heterocycles. The molecule has 0 fully saturated rings. The van der Waals surface area contributed by atoms with Gasteiger partial charge in [-0.25, -0.2) is 18.6 Å². The summed E-state index contributed by atoms with van der Waals surface area (Å²) in [6.07, 6.45) is 0. The van der Waals surface area contributed by atoms with E-state index in [0.717, 1.165) is 12.1 Å². The molecule has 0 saturated carbocycles. The van der Waals surface area contributed by atoms with Gasteiger partial charge in [-0.2, -0.15) is 0 Å². The van der Waals surface area contributed by atoms with Gasteiger partial charge in [0.1, 0.15) is 17.5 Å². The van der Waals surface area contributed by atoms with Gasteiger partial charge < -0.3 is 0 Å². The van der Waals surface area contributed by atoms with E-state index in [-0.39, 0.29) is 11.1 Å². The first-order valence-electron chi connectivity index (χ1n) is 5.70. The zero-order chi connectivity index (χ0) is 14.0. The second kappa shape index (κ2) is 5.42. The molecule has 0 aliphatic carbocycles. The molecule has 0 radical (unpaired) electrons. The predicted octanol–water partition coefficient (Wildman–Crippen LogP) is 2.97. The molecule has 2 rings (SSSR count). The number of aryl methyl sites for hydroxylation is 1. The molecule has 2 aromatic carbocycles. The third-order valence-corrected chi connectivity index (χ3v) is 2.92. The maximum atomic E-state index is 13.9. The lowest BCUT2D eigenvalue weighted by Crippen LogP contribution is -2.31. The summed E-state index contributed by atoms with van der Waals surface area (Å²) in [4.78, 5) is 0. The van der Waals surface area contributed by atoms with Crippen LogP contribution in [0.3, 0.4) is 0 Å². The van der Waals surface area contributed by atoms with Crippen LogP contribution < -0.4 is 11.3 Å². The highest BCUT2D eigenvalue weighted by molar-refractivity contribution is 5.35. The number of hydrogen-bond donors (Lipinski definition) is 2. The van der Waals surface area contributed by atoms with Crippen molar-refractivity contribution in [2.45, 2.75) is 13.0 Å². The number of benzene rings is 2. The summed E-state index contributed by atoms with van der Waals surface area (Å²) >= 11 is 0. The Morgan fingerprint density at radius 2 is 1.63 bits per heavy atom. The lowest BCUT2D eigenvalue weighted by molar-refractivity contribution is 0.495. The first-order chi connectivity index (χ1) is 9.04. The normalized spacial score (nSPS) is 12.5. The average Bonchev–Trinajstić information content (AvgIpc) is 2.35. The van der Waals surface area contributed by atoms with E-state index in [1.807, 2.05) is 0 Å². The smallest absolute Gasteiger partial charge is 0.131 e. The highest BCUT2D eigenvalue weighted by Gasteiger charge is 2.23. The minimum Gasteiger partial charge on any atom is -0.271 e. The Morgan fingerprint density at radius 1 is 1.00 bits per heavy atom. The minimum atomic E-state index is -1.08. The molecule has 0 spiro atoms. The number of hydrogen-bond acceptors (Lipinski definition) is 2. The third-order valence-electron chi connectivity index (χ3n) is 2.92. The van der Waals surface area contributed by atoms with Crippen LogP contribution in [-0.4, -0.2) is 0 Å². The molecule has 2 nitrogen and oxygen atoms in total. The van der Waals surface area contributed by atoms with Gasteiger partial charge in [0.25, 0.3) is 0 Å². The minimum absolute atomic E-state index is 0.0945. The van der Waals surface area contributed by atoms with Crippen LogP contribution >= 0.6 is 0 Å². The van der Waals surface area contributed by atoms with Crippen LogP contribution in [0.15, 0.2) is 36.4 Å². The molecule has 0 bridgehead atoms. The van der Waals surface area contributed by atoms with Gasteiger partial charge in [-0.1, -0.05) is 18.2 Å². The fourth-order valence-corrected chi connectivity index (χ4v) is 1.98. The van der Waals surface area contributed by atoms with Crippen molar-refractivity contribution in [2.75, 3.05) is 0 Å². The lowest BCUT2D eigenvalue weighted by Gasteiger charge is -2.19. The number of rotatable bonds is 3. The standard InChI is InChI=1S/C14H13F3N2/c1-8-5-6-9(12(17)7-8)14(19-18)13-10(15)3-2-4-11(13)16/h2-7,14,19H,18H2,1H3. The van der Waals surface area contributed by atoms with Crippen molar-refractivity contribution in [1.29, 1.82) is 0 Å². The topological polar surface area (TPSA) is 38.0 Å². The van der Waals surface area contributed by atoms with E-state index in [4.69, 9.17) is 5.84 Å². The van der Waals surface area contributed by atoms with E-state index in [9.17, 15) is 13.2 Å². The van der Waals surface area contributed by atoms with Crippen LogP contribution in [0.1, 0.15) is 22.7 Å². The average molecular weight is 266 g/mol. The van der Waals surface area contributed by atoms with Crippen molar-refractivity contribution in [3.05, 3.63) is 70.5 Å². The Bertz CT molecular complexity index is 579. The van der Waals surface area contributed by atoms with Gasteiger partial charge in [-0.05, 0) is 30.7 Å².